The number of ketones is 1. The fourth-order valence-electron chi connectivity index (χ4n) is 2.30. The van der Waals surface area contributed by atoms with Crippen LogP contribution in [-0.2, 0) is 20.5 Å². The molecule has 0 atom stereocenters. The molecule has 0 amide bonds. The first-order chi connectivity index (χ1) is 10.8. The summed E-state index contributed by atoms with van der Waals surface area (Å²) < 4.78 is 16.7. The number of rotatable bonds is 4. The van der Waals surface area contributed by atoms with Crippen molar-refractivity contribution in [3.63, 3.8) is 0 Å². The Labute approximate surface area is 144 Å². The number of nitrogens with zero attached hydrogens (tertiary/aromatic N) is 2. The monoisotopic (exact) mass is 432 g/mol. The van der Waals surface area contributed by atoms with E-state index in [2.05, 4.69) is 0 Å². The van der Waals surface area contributed by atoms with Crippen LogP contribution in [0.25, 0.3) is 0 Å². The zero-order valence-electron chi connectivity index (χ0n) is 12.5. The maximum absolute atomic E-state index is 14.1. The Balaban J connectivity index is 2.72. The van der Waals surface area contributed by atoms with Crippen molar-refractivity contribution in [1.29, 1.82) is 0 Å². The lowest BCUT2D eigenvalue weighted by Crippen LogP contribution is -2.42. The molecule has 0 aliphatic carbocycles. The first-order valence-corrected chi connectivity index (χ1v) is 7.72. The summed E-state index contributed by atoms with van der Waals surface area (Å²) in [5, 5.41) is 9.09. The summed E-state index contributed by atoms with van der Waals surface area (Å²) >= 11 is 1.96. The average molecular weight is 432 g/mol. The van der Waals surface area contributed by atoms with Gasteiger partial charge in [-0.15, -0.1) is 0 Å². The number of hydrogen-bond donors (Lipinski definition) is 1. The second-order valence-electron chi connectivity index (χ2n) is 5.02. The first-order valence-electron chi connectivity index (χ1n) is 6.64. The molecule has 1 N–H and O–H groups in total. The maximum atomic E-state index is 14.1. The lowest BCUT2D eigenvalue weighted by Gasteiger charge is -2.14. The van der Waals surface area contributed by atoms with Gasteiger partial charge in [0.1, 0.15) is 18.0 Å². The molecule has 0 saturated heterocycles. The number of hydrogen-bond acceptors (Lipinski definition) is 4. The van der Waals surface area contributed by atoms with Crippen LogP contribution in [0.4, 0.5) is 4.39 Å². The van der Waals surface area contributed by atoms with Gasteiger partial charge in [-0.25, -0.2) is 9.18 Å². The number of aliphatic hydroxyl groups excluding tert-OH is 1. The molecule has 0 aliphatic heterocycles. The maximum Gasteiger partial charge on any atom is 0.330 e. The molecule has 2 rings (SSSR count). The summed E-state index contributed by atoms with van der Waals surface area (Å²) in [6.45, 7) is -0.865. The van der Waals surface area contributed by atoms with Crippen molar-refractivity contribution in [1.82, 2.24) is 9.13 Å². The Morgan fingerprint density at radius 1 is 1.26 bits per heavy atom. The fourth-order valence-corrected chi connectivity index (χ4v) is 2.75. The Morgan fingerprint density at radius 2 is 1.91 bits per heavy atom. The van der Waals surface area contributed by atoms with Gasteiger partial charge in [-0.2, -0.15) is 0 Å². The van der Waals surface area contributed by atoms with Crippen molar-refractivity contribution in [3.8, 4) is 0 Å². The third-order valence-electron chi connectivity index (χ3n) is 3.58. The van der Waals surface area contributed by atoms with Crippen molar-refractivity contribution < 1.29 is 14.3 Å². The summed E-state index contributed by atoms with van der Waals surface area (Å²) in [5.74, 6) is -1.30. The minimum Gasteiger partial charge on any atom is -0.388 e. The predicted octanol–water partition coefficient (Wildman–Crippen LogP) is 0.593. The highest BCUT2D eigenvalue weighted by Gasteiger charge is 2.22. The summed E-state index contributed by atoms with van der Waals surface area (Å²) in [7, 11) is 2.64. The van der Waals surface area contributed by atoms with E-state index >= 15 is 0 Å². The number of Topliss-reactive ketones (excluding diaryl/α,β-unsaturated/α-hetero) is 1. The second-order valence-corrected chi connectivity index (χ2v) is 6.27. The van der Waals surface area contributed by atoms with Crippen LogP contribution in [0.1, 0.15) is 21.6 Å². The van der Waals surface area contributed by atoms with E-state index < -0.39 is 29.5 Å². The quantitative estimate of drug-likeness (QED) is 0.567. The van der Waals surface area contributed by atoms with E-state index in [1.165, 1.54) is 26.2 Å². The van der Waals surface area contributed by atoms with Crippen molar-refractivity contribution in [2.24, 2.45) is 14.1 Å². The number of aliphatic hydroxyl groups is 1. The van der Waals surface area contributed by atoms with E-state index in [0.717, 1.165) is 9.13 Å². The molecule has 122 valence electrons. The molecule has 0 radical (unpaired) electrons. The third-order valence-corrected chi connectivity index (χ3v) is 4.25. The van der Waals surface area contributed by atoms with Crippen LogP contribution >= 0.6 is 22.6 Å². The fraction of sp³-hybridized carbons (Fsp3) is 0.267. The van der Waals surface area contributed by atoms with E-state index in [0.29, 0.717) is 3.57 Å². The zero-order valence-corrected chi connectivity index (χ0v) is 14.6. The van der Waals surface area contributed by atoms with E-state index in [1.807, 2.05) is 22.6 Å². The van der Waals surface area contributed by atoms with Gasteiger partial charge in [0.05, 0.1) is 0 Å². The van der Waals surface area contributed by atoms with Crippen LogP contribution in [0, 0.1) is 9.39 Å². The van der Waals surface area contributed by atoms with Crippen LogP contribution < -0.4 is 11.2 Å². The molecule has 0 saturated carbocycles. The molecule has 8 heteroatoms. The molecule has 1 heterocycles. The second kappa shape index (κ2) is 6.75. The number of aromatic nitrogens is 2. The van der Waals surface area contributed by atoms with Gasteiger partial charge in [-0.3, -0.25) is 18.7 Å². The van der Waals surface area contributed by atoms with Gasteiger partial charge in [-0.1, -0.05) is 6.07 Å². The summed E-state index contributed by atoms with van der Waals surface area (Å²) in [4.78, 5) is 36.2. The Kier molecular flexibility index (Phi) is 5.15. The van der Waals surface area contributed by atoms with Crippen molar-refractivity contribution in [2.75, 3.05) is 6.61 Å². The molecule has 0 bridgehead atoms. The molecule has 0 aliphatic rings. The van der Waals surface area contributed by atoms with Crippen LogP contribution in [0.3, 0.4) is 0 Å². The van der Waals surface area contributed by atoms with Crippen molar-refractivity contribution >= 4 is 28.4 Å². The first kappa shape index (κ1) is 17.5. The standard InChI is InChI=1S/C15H14FIN2O4/c1-18-11(5-8-3-4-9(17)6-10(8)16)13(12(21)7-20)14(22)19(2)15(18)23/h3-4,6,20H,5,7H2,1-2H3. The van der Waals surface area contributed by atoms with Crippen LogP contribution in [-0.4, -0.2) is 26.6 Å². The summed E-state index contributed by atoms with van der Waals surface area (Å²) in [6, 6.07) is 4.54. The van der Waals surface area contributed by atoms with Crippen LogP contribution in [0.15, 0.2) is 27.8 Å². The predicted molar refractivity (Wildman–Crippen MR) is 90.3 cm³/mol. The van der Waals surface area contributed by atoms with E-state index in [9.17, 15) is 18.8 Å². The van der Waals surface area contributed by atoms with Gasteiger partial charge in [0.15, 0.2) is 5.78 Å². The van der Waals surface area contributed by atoms with Gasteiger partial charge < -0.3 is 5.11 Å². The molecule has 0 unspecified atom stereocenters. The largest absolute Gasteiger partial charge is 0.388 e. The Hall–Kier alpha value is -1.81. The molecular formula is C15H14FIN2O4. The molecule has 0 fully saturated rings. The number of halogens is 2. The van der Waals surface area contributed by atoms with E-state index in [-0.39, 0.29) is 23.2 Å². The van der Waals surface area contributed by atoms with E-state index in [4.69, 9.17) is 5.11 Å². The SMILES string of the molecule is Cn1c(Cc2ccc(I)cc2F)c(C(=O)CO)c(=O)n(C)c1=O. The molecular weight excluding hydrogens is 418 g/mol. The minimum atomic E-state index is -0.865. The third kappa shape index (κ3) is 3.27. The minimum absolute atomic E-state index is 0.0808. The molecule has 6 nitrogen and oxygen atoms in total. The highest BCUT2D eigenvalue weighted by atomic mass is 127. The zero-order chi connectivity index (χ0) is 17.3. The molecule has 0 spiro atoms. The normalized spacial score (nSPS) is 10.8. The number of carbonyl (C=O) groups is 1. The highest BCUT2D eigenvalue weighted by Crippen LogP contribution is 2.17. The number of carbonyl (C=O) groups excluding carboxylic acids is 1. The lowest BCUT2D eigenvalue weighted by molar-refractivity contribution is 0.0899. The Morgan fingerprint density at radius 3 is 2.48 bits per heavy atom. The topological polar surface area (TPSA) is 81.3 Å². The van der Waals surface area contributed by atoms with Gasteiger partial charge in [0.2, 0.25) is 0 Å². The molecule has 23 heavy (non-hydrogen) atoms. The molecule has 1 aromatic heterocycles. The Bertz CT molecular complexity index is 902. The smallest absolute Gasteiger partial charge is 0.330 e. The number of benzene rings is 1. The molecule has 1 aromatic carbocycles. The van der Waals surface area contributed by atoms with Crippen LogP contribution in [0.2, 0.25) is 0 Å². The van der Waals surface area contributed by atoms with Gasteiger partial charge in [-0.05, 0) is 40.3 Å². The van der Waals surface area contributed by atoms with Gasteiger partial charge in [0.25, 0.3) is 5.56 Å². The van der Waals surface area contributed by atoms with E-state index in [1.54, 1.807) is 6.07 Å². The van der Waals surface area contributed by atoms with Crippen molar-refractivity contribution in [2.45, 2.75) is 6.42 Å². The van der Waals surface area contributed by atoms with Gasteiger partial charge >= 0.3 is 5.69 Å². The van der Waals surface area contributed by atoms with Gasteiger partial charge in [0, 0.05) is 29.8 Å². The highest BCUT2D eigenvalue weighted by molar-refractivity contribution is 14.1. The summed E-state index contributed by atoms with van der Waals surface area (Å²) in [6.07, 6.45) is -0.106. The van der Waals surface area contributed by atoms with Crippen LogP contribution in [0.5, 0.6) is 0 Å². The average Bonchev–Trinajstić information content (AvgIpc) is 2.52. The summed E-state index contributed by atoms with van der Waals surface area (Å²) in [5.41, 5.74) is -1.38. The molecule has 2 aromatic rings. The lowest BCUT2D eigenvalue weighted by atomic mass is 10.0. The van der Waals surface area contributed by atoms with Crippen molar-refractivity contribution in [3.05, 3.63) is 65.2 Å².